The monoisotopic (exact) mass is 279 g/mol. The van der Waals surface area contributed by atoms with Crippen LogP contribution in [0.4, 0.5) is 5.82 Å². The number of hydrogen-bond acceptors (Lipinski definition) is 5. The Morgan fingerprint density at radius 2 is 2.35 bits per heavy atom. The van der Waals surface area contributed by atoms with Gasteiger partial charge in [-0.1, -0.05) is 0 Å². The Balaban J connectivity index is 2.33. The molecule has 1 aromatic rings. The largest absolute Gasteiger partial charge is 0.355 e. The molecule has 1 aromatic heterocycles. The Labute approximate surface area is 118 Å². The Kier molecular flexibility index (Phi) is 4.73. The molecule has 1 aliphatic heterocycles. The number of rotatable bonds is 4. The van der Waals surface area contributed by atoms with E-state index in [0.717, 1.165) is 6.54 Å². The van der Waals surface area contributed by atoms with E-state index in [1.54, 1.807) is 21.9 Å². The lowest BCUT2D eigenvalue weighted by molar-refractivity contribution is -0.122. The van der Waals surface area contributed by atoms with Crippen LogP contribution in [0.25, 0.3) is 0 Å². The van der Waals surface area contributed by atoms with Gasteiger partial charge in [0.15, 0.2) is 5.82 Å². The van der Waals surface area contributed by atoms with Gasteiger partial charge in [-0.25, -0.2) is 4.98 Å². The Morgan fingerprint density at radius 1 is 1.55 bits per heavy atom. The summed E-state index contributed by atoms with van der Waals surface area (Å²) in [6.45, 7) is 6.80. The maximum absolute atomic E-state index is 12.3. The molecule has 2 heterocycles. The summed E-state index contributed by atoms with van der Waals surface area (Å²) >= 11 is 0. The summed E-state index contributed by atoms with van der Waals surface area (Å²) in [5.41, 5.74) is -0.147. The molecule has 0 aliphatic carbocycles. The third-order valence-electron chi connectivity index (χ3n) is 3.41. The maximum atomic E-state index is 12.3. The zero-order valence-corrected chi connectivity index (χ0v) is 11.9. The van der Waals surface area contributed by atoms with Crippen molar-refractivity contribution in [2.75, 3.05) is 31.1 Å². The quantitative estimate of drug-likeness (QED) is 0.752. The van der Waals surface area contributed by atoms with Crippen molar-refractivity contribution in [2.45, 2.75) is 26.4 Å². The smallest absolute Gasteiger partial charge is 0.293 e. The molecule has 0 bridgehead atoms. The molecule has 1 aliphatic rings. The SMILES string of the molecule is CCNC(=O)C1CNCCN1c1nccn(CC)c1=O. The molecular weight excluding hydrogens is 258 g/mol. The van der Waals surface area contributed by atoms with E-state index in [9.17, 15) is 9.59 Å². The minimum absolute atomic E-state index is 0.0761. The Hall–Kier alpha value is -1.89. The Bertz CT molecular complexity index is 528. The zero-order chi connectivity index (χ0) is 14.5. The molecular formula is C13H21N5O2. The highest BCUT2D eigenvalue weighted by Crippen LogP contribution is 2.11. The molecule has 1 unspecified atom stereocenters. The number of piperazine rings is 1. The van der Waals surface area contributed by atoms with E-state index in [2.05, 4.69) is 15.6 Å². The second kappa shape index (κ2) is 6.51. The van der Waals surface area contributed by atoms with Crippen molar-refractivity contribution in [2.24, 2.45) is 0 Å². The molecule has 0 spiro atoms. The molecule has 0 aromatic carbocycles. The van der Waals surface area contributed by atoms with Crippen LogP contribution in [-0.4, -0.2) is 47.7 Å². The number of aromatic nitrogens is 2. The van der Waals surface area contributed by atoms with Crippen LogP contribution >= 0.6 is 0 Å². The molecule has 2 N–H and O–H groups in total. The highest BCUT2D eigenvalue weighted by atomic mass is 16.2. The van der Waals surface area contributed by atoms with Crippen LogP contribution in [0, 0.1) is 0 Å². The lowest BCUT2D eigenvalue weighted by Gasteiger charge is -2.35. The number of carbonyl (C=O) groups excluding carboxylic acids is 1. The van der Waals surface area contributed by atoms with Crippen molar-refractivity contribution in [3.63, 3.8) is 0 Å². The number of anilines is 1. The van der Waals surface area contributed by atoms with Crippen LogP contribution in [0.15, 0.2) is 17.2 Å². The molecule has 1 atom stereocenters. The van der Waals surface area contributed by atoms with Crippen LogP contribution < -0.4 is 21.1 Å². The topological polar surface area (TPSA) is 79.3 Å². The standard InChI is InChI=1S/C13H21N5O2/c1-3-15-12(19)10-9-14-5-8-18(10)11-13(20)17(4-2)7-6-16-11/h6-7,10,14H,3-5,8-9H2,1-2H3,(H,15,19). The molecule has 20 heavy (non-hydrogen) atoms. The van der Waals surface area contributed by atoms with E-state index in [0.29, 0.717) is 32.0 Å². The van der Waals surface area contributed by atoms with E-state index in [1.807, 2.05) is 13.8 Å². The fraction of sp³-hybridized carbons (Fsp3) is 0.615. The third kappa shape index (κ3) is 2.82. The van der Waals surface area contributed by atoms with Gasteiger partial charge in [-0.15, -0.1) is 0 Å². The van der Waals surface area contributed by atoms with Crippen LogP contribution in [0.1, 0.15) is 13.8 Å². The van der Waals surface area contributed by atoms with Gasteiger partial charge in [-0.3, -0.25) is 9.59 Å². The molecule has 0 radical (unpaired) electrons. The molecule has 1 saturated heterocycles. The number of amides is 1. The van der Waals surface area contributed by atoms with Gasteiger partial charge in [0, 0.05) is 45.1 Å². The van der Waals surface area contributed by atoms with E-state index in [1.165, 1.54) is 0 Å². The van der Waals surface area contributed by atoms with Crippen molar-refractivity contribution in [1.29, 1.82) is 0 Å². The molecule has 2 rings (SSSR count). The van der Waals surface area contributed by atoms with Gasteiger partial charge in [0.2, 0.25) is 5.91 Å². The number of carbonyl (C=O) groups is 1. The first-order valence-electron chi connectivity index (χ1n) is 6.99. The number of likely N-dealkylation sites (N-methyl/N-ethyl adjacent to an activating group) is 1. The second-order valence-corrected chi connectivity index (χ2v) is 4.65. The summed E-state index contributed by atoms with van der Waals surface area (Å²) in [5.74, 6) is 0.278. The van der Waals surface area contributed by atoms with Crippen LogP contribution in [0.3, 0.4) is 0 Å². The van der Waals surface area contributed by atoms with Crippen LogP contribution in [0.5, 0.6) is 0 Å². The molecule has 7 heteroatoms. The summed E-state index contributed by atoms with van der Waals surface area (Å²) < 4.78 is 1.60. The normalized spacial score (nSPS) is 18.9. The highest BCUT2D eigenvalue weighted by molar-refractivity contribution is 5.85. The molecule has 1 amide bonds. The fourth-order valence-corrected chi connectivity index (χ4v) is 2.37. The van der Waals surface area contributed by atoms with Crippen molar-refractivity contribution >= 4 is 11.7 Å². The first-order chi connectivity index (χ1) is 9.69. The minimum Gasteiger partial charge on any atom is -0.355 e. The zero-order valence-electron chi connectivity index (χ0n) is 11.9. The number of hydrogen-bond donors (Lipinski definition) is 2. The average molecular weight is 279 g/mol. The summed E-state index contributed by atoms with van der Waals surface area (Å²) in [6, 6.07) is -0.392. The van der Waals surface area contributed by atoms with E-state index in [-0.39, 0.29) is 11.5 Å². The maximum Gasteiger partial charge on any atom is 0.293 e. The van der Waals surface area contributed by atoms with Gasteiger partial charge >= 0.3 is 0 Å². The van der Waals surface area contributed by atoms with E-state index >= 15 is 0 Å². The van der Waals surface area contributed by atoms with Gasteiger partial charge in [0.05, 0.1) is 0 Å². The van der Waals surface area contributed by atoms with Gasteiger partial charge in [-0.2, -0.15) is 0 Å². The third-order valence-corrected chi connectivity index (χ3v) is 3.41. The van der Waals surface area contributed by atoms with Gasteiger partial charge < -0.3 is 20.1 Å². The predicted molar refractivity (Wildman–Crippen MR) is 76.9 cm³/mol. The average Bonchev–Trinajstić information content (AvgIpc) is 2.48. The van der Waals surface area contributed by atoms with E-state index in [4.69, 9.17) is 0 Å². The first-order valence-corrected chi connectivity index (χ1v) is 6.99. The van der Waals surface area contributed by atoms with Crippen molar-refractivity contribution in [1.82, 2.24) is 20.2 Å². The van der Waals surface area contributed by atoms with Gasteiger partial charge in [0.25, 0.3) is 5.56 Å². The summed E-state index contributed by atoms with van der Waals surface area (Å²) in [6.07, 6.45) is 3.27. The summed E-state index contributed by atoms with van der Waals surface area (Å²) in [7, 11) is 0. The first kappa shape index (κ1) is 14.5. The van der Waals surface area contributed by atoms with Crippen LogP contribution in [0.2, 0.25) is 0 Å². The fourth-order valence-electron chi connectivity index (χ4n) is 2.37. The van der Waals surface area contributed by atoms with Gasteiger partial charge in [0.1, 0.15) is 6.04 Å². The number of nitrogens with zero attached hydrogens (tertiary/aromatic N) is 3. The van der Waals surface area contributed by atoms with E-state index < -0.39 is 6.04 Å². The van der Waals surface area contributed by atoms with Crippen molar-refractivity contribution in [3.05, 3.63) is 22.7 Å². The van der Waals surface area contributed by atoms with Gasteiger partial charge in [-0.05, 0) is 13.8 Å². The molecule has 7 nitrogen and oxygen atoms in total. The lowest BCUT2D eigenvalue weighted by Crippen LogP contribution is -2.59. The molecule has 0 saturated carbocycles. The second-order valence-electron chi connectivity index (χ2n) is 4.65. The lowest BCUT2D eigenvalue weighted by atomic mass is 10.1. The predicted octanol–water partition coefficient (Wildman–Crippen LogP) is -0.822. The van der Waals surface area contributed by atoms with Crippen molar-refractivity contribution in [3.8, 4) is 0 Å². The Morgan fingerprint density at radius 3 is 3.05 bits per heavy atom. The summed E-state index contributed by atoms with van der Waals surface area (Å²) in [5, 5.41) is 5.99. The molecule has 1 fully saturated rings. The minimum atomic E-state index is -0.392. The molecule has 110 valence electrons. The number of aryl methyl sites for hydroxylation is 1. The van der Waals surface area contributed by atoms with Crippen molar-refractivity contribution < 1.29 is 4.79 Å². The highest BCUT2D eigenvalue weighted by Gasteiger charge is 2.30. The summed E-state index contributed by atoms with van der Waals surface area (Å²) in [4.78, 5) is 30.4. The number of nitrogens with one attached hydrogen (secondary N) is 2. The van der Waals surface area contributed by atoms with Crippen LogP contribution in [-0.2, 0) is 11.3 Å².